The van der Waals surface area contributed by atoms with E-state index in [-0.39, 0.29) is 0 Å². The van der Waals surface area contributed by atoms with Gasteiger partial charge in [0, 0.05) is 0 Å². The van der Waals surface area contributed by atoms with Gasteiger partial charge in [0.25, 0.3) is 0 Å². The van der Waals surface area contributed by atoms with E-state index < -0.39 is 0 Å². The molecule has 0 aromatic heterocycles. The van der Waals surface area contributed by atoms with Gasteiger partial charge >= 0.3 is 0 Å². The van der Waals surface area contributed by atoms with E-state index in [2.05, 4.69) is 41.5 Å². The van der Waals surface area contributed by atoms with E-state index in [0.717, 1.165) is 0 Å². The molecule has 0 saturated heterocycles. The molecule has 0 aromatic rings. The summed E-state index contributed by atoms with van der Waals surface area (Å²) in [4.78, 5) is 0. The van der Waals surface area contributed by atoms with E-state index in [1.807, 2.05) is 0 Å². The van der Waals surface area contributed by atoms with E-state index in [1.165, 1.54) is 25.7 Å². The summed E-state index contributed by atoms with van der Waals surface area (Å²) in [6.45, 7) is 14.2. The third-order valence-electron chi connectivity index (χ3n) is 4.58. The van der Waals surface area contributed by atoms with Gasteiger partial charge in [-0.2, -0.15) is 0 Å². The van der Waals surface area contributed by atoms with Gasteiger partial charge in [-0.05, 0) is 10.8 Å². The van der Waals surface area contributed by atoms with Crippen molar-refractivity contribution in [2.45, 2.75) is 67.2 Å². The molecule has 0 bridgehead atoms. The Morgan fingerprint density at radius 2 is 0.750 bits per heavy atom. The lowest BCUT2D eigenvalue weighted by Gasteiger charge is -2.45. The molecule has 0 spiro atoms. The molecule has 74 valence electrons. The SMILES string of the molecule is CCC(C)(CC)C(C)(CC)CC. The molecule has 12 heavy (non-hydrogen) atoms. The van der Waals surface area contributed by atoms with Crippen molar-refractivity contribution >= 4 is 0 Å². The largest absolute Gasteiger partial charge is 0.0648 e. The van der Waals surface area contributed by atoms with Crippen molar-refractivity contribution in [3.63, 3.8) is 0 Å². The lowest BCUT2D eigenvalue weighted by Crippen LogP contribution is -2.35. The molecule has 0 aliphatic rings. The average Bonchev–Trinajstić information content (AvgIpc) is 2.15. The zero-order valence-electron chi connectivity index (χ0n) is 9.83. The Bertz CT molecular complexity index is 100. The zero-order chi connectivity index (χ0) is 9.83. The normalized spacial score (nSPS) is 13.5. The highest BCUT2D eigenvalue weighted by molar-refractivity contribution is 4.88. The lowest BCUT2D eigenvalue weighted by atomic mass is 9.60. The maximum atomic E-state index is 2.44. The smallest absolute Gasteiger partial charge is 0.0277 e. The predicted molar refractivity (Wildman–Crippen MR) is 57.4 cm³/mol. The third-order valence-corrected chi connectivity index (χ3v) is 4.58. The summed E-state index contributed by atoms with van der Waals surface area (Å²) in [5.74, 6) is 0. The molecule has 0 N–H and O–H groups in total. The van der Waals surface area contributed by atoms with Crippen LogP contribution in [0.2, 0.25) is 0 Å². The maximum absolute atomic E-state index is 2.44. The van der Waals surface area contributed by atoms with Gasteiger partial charge in [0.15, 0.2) is 0 Å². The van der Waals surface area contributed by atoms with Gasteiger partial charge in [0.2, 0.25) is 0 Å². The van der Waals surface area contributed by atoms with E-state index in [1.54, 1.807) is 0 Å². The molecule has 0 fully saturated rings. The van der Waals surface area contributed by atoms with Crippen LogP contribution in [0.3, 0.4) is 0 Å². The van der Waals surface area contributed by atoms with Crippen LogP contribution in [-0.4, -0.2) is 0 Å². The van der Waals surface area contributed by atoms with Crippen LogP contribution in [0.5, 0.6) is 0 Å². The number of hydrogen-bond acceptors (Lipinski definition) is 0. The van der Waals surface area contributed by atoms with Gasteiger partial charge in [-0.15, -0.1) is 0 Å². The van der Waals surface area contributed by atoms with Crippen molar-refractivity contribution in [3.05, 3.63) is 0 Å². The highest BCUT2D eigenvalue weighted by Crippen LogP contribution is 2.48. The molecule has 0 nitrogen and oxygen atoms in total. The molecule has 0 aliphatic carbocycles. The topological polar surface area (TPSA) is 0 Å². The number of rotatable bonds is 5. The van der Waals surface area contributed by atoms with Crippen LogP contribution in [0.4, 0.5) is 0 Å². The summed E-state index contributed by atoms with van der Waals surface area (Å²) in [5.41, 5.74) is 1.08. The van der Waals surface area contributed by atoms with Crippen LogP contribution < -0.4 is 0 Å². The summed E-state index contributed by atoms with van der Waals surface area (Å²) in [6, 6.07) is 0. The lowest BCUT2D eigenvalue weighted by molar-refractivity contribution is 0.0500. The molecule has 0 heteroatoms. The molecule has 0 amide bonds. The fourth-order valence-electron chi connectivity index (χ4n) is 2.21. The van der Waals surface area contributed by atoms with Crippen molar-refractivity contribution in [3.8, 4) is 0 Å². The van der Waals surface area contributed by atoms with Crippen molar-refractivity contribution in [2.24, 2.45) is 10.8 Å². The average molecular weight is 170 g/mol. The molecule has 0 atom stereocenters. The zero-order valence-corrected chi connectivity index (χ0v) is 9.83. The first-order chi connectivity index (χ1) is 5.49. The van der Waals surface area contributed by atoms with Crippen LogP contribution in [0, 0.1) is 10.8 Å². The van der Waals surface area contributed by atoms with Crippen LogP contribution >= 0.6 is 0 Å². The van der Waals surface area contributed by atoms with Crippen LogP contribution in [0.15, 0.2) is 0 Å². The van der Waals surface area contributed by atoms with Crippen molar-refractivity contribution in [2.75, 3.05) is 0 Å². The number of hydrogen-bond donors (Lipinski definition) is 0. The standard InChI is InChI=1S/C12H26/c1-7-11(5,8-2)12(6,9-3)10-4/h7-10H2,1-6H3. The molecular formula is C12H26. The second kappa shape index (κ2) is 4.30. The van der Waals surface area contributed by atoms with Crippen molar-refractivity contribution in [1.82, 2.24) is 0 Å². The first kappa shape index (κ1) is 12.0. The predicted octanol–water partition coefficient (Wildman–Crippen LogP) is 4.64. The fourth-order valence-corrected chi connectivity index (χ4v) is 2.21. The Morgan fingerprint density at radius 1 is 0.583 bits per heavy atom. The van der Waals surface area contributed by atoms with E-state index in [4.69, 9.17) is 0 Å². The second-order valence-electron chi connectivity index (χ2n) is 4.54. The molecule has 0 saturated carbocycles. The first-order valence-corrected chi connectivity index (χ1v) is 5.49. The molecular weight excluding hydrogens is 144 g/mol. The van der Waals surface area contributed by atoms with E-state index in [0.29, 0.717) is 10.8 Å². The molecule has 0 heterocycles. The molecule has 0 rings (SSSR count). The summed E-state index contributed by atoms with van der Waals surface area (Å²) >= 11 is 0. The van der Waals surface area contributed by atoms with Crippen LogP contribution in [0.1, 0.15) is 67.2 Å². The molecule has 0 aromatic carbocycles. The van der Waals surface area contributed by atoms with Gasteiger partial charge < -0.3 is 0 Å². The minimum Gasteiger partial charge on any atom is -0.0648 e. The van der Waals surface area contributed by atoms with E-state index in [9.17, 15) is 0 Å². The Kier molecular flexibility index (Phi) is 4.30. The maximum Gasteiger partial charge on any atom is -0.0277 e. The Labute approximate surface area is 78.8 Å². The summed E-state index contributed by atoms with van der Waals surface area (Å²) in [6.07, 6.45) is 5.23. The summed E-state index contributed by atoms with van der Waals surface area (Å²) in [7, 11) is 0. The van der Waals surface area contributed by atoms with Gasteiger partial charge in [-0.25, -0.2) is 0 Å². The monoisotopic (exact) mass is 170 g/mol. The third kappa shape index (κ3) is 1.84. The highest BCUT2D eigenvalue weighted by Gasteiger charge is 2.38. The van der Waals surface area contributed by atoms with Gasteiger partial charge in [0.05, 0.1) is 0 Å². The Morgan fingerprint density at radius 3 is 0.833 bits per heavy atom. The van der Waals surface area contributed by atoms with Crippen molar-refractivity contribution in [1.29, 1.82) is 0 Å². The first-order valence-electron chi connectivity index (χ1n) is 5.49. The fraction of sp³-hybridized carbons (Fsp3) is 1.00. The van der Waals surface area contributed by atoms with Crippen LogP contribution in [-0.2, 0) is 0 Å². The second-order valence-corrected chi connectivity index (χ2v) is 4.54. The quantitative estimate of drug-likeness (QED) is 0.564. The van der Waals surface area contributed by atoms with E-state index >= 15 is 0 Å². The summed E-state index contributed by atoms with van der Waals surface area (Å²) in [5, 5.41) is 0. The molecule has 0 aliphatic heterocycles. The minimum absolute atomic E-state index is 0.538. The Balaban J connectivity index is 4.66. The Hall–Kier alpha value is 0. The van der Waals surface area contributed by atoms with Crippen LogP contribution in [0.25, 0.3) is 0 Å². The van der Waals surface area contributed by atoms with Crippen molar-refractivity contribution < 1.29 is 0 Å². The minimum atomic E-state index is 0.538. The van der Waals surface area contributed by atoms with Gasteiger partial charge in [-0.1, -0.05) is 67.2 Å². The molecule has 0 radical (unpaired) electrons. The summed E-state index contributed by atoms with van der Waals surface area (Å²) < 4.78 is 0. The van der Waals surface area contributed by atoms with Gasteiger partial charge in [-0.3, -0.25) is 0 Å². The molecule has 0 unspecified atom stereocenters. The highest BCUT2D eigenvalue weighted by atomic mass is 14.4. The van der Waals surface area contributed by atoms with Gasteiger partial charge in [0.1, 0.15) is 0 Å².